The molecule has 0 aliphatic heterocycles. The largest absolute Gasteiger partial charge is 0.469 e. The van der Waals surface area contributed by atoms with Crippen molar-refractivity contribution < 1.29 is 14.3 Å². The number of methoxy groups -OCH3 is 1. The van der Waals surface area contributed by atoms with Crippen molar-refractivity contribution in [3.63, 3.8) is 0 Å². The molecule has 0 aliphatic rings. The smallest absolute Gasteiger partial charge is 0.319 e. The second kappa shape index (κ2) is 6.37. The standard InChI is InChI=1S/C11H15N3O3/c1-17-10(15)5-6-13-11(16)14-9-4-2-3-8(12)7-9/h2-4,7H,5-6,12H2,1H3,(H2,13,14,16). The number of carbonyl (C=O) groups is 2. The molecule has 0 fully saturated rings. The maximum atomic E-state index is 11.4. The van der Waals surface area contributed by atoms with E-state index < -0.39 is 0 Å². The number of anilines is 2. The lowest BCUT2D eigenvalue weighted by atomic mass is 10.3. The number of hydrogen-bond acceptors (Lipinski definition) is 4. The van der Waals surface area contributed by atoms with E-state index in [9.17, 15) is 9.59 Å². The summed E-state index contributed by atoms with van der Waals surface area (Å²) in [5, 5.41) is 5.12. The van der Waals surface area contributed by atoms with Crippen molar-refractivity contribution in [3.8, 4) is 0 Å². The highest BCUT2D eigenvalue weighted by atomic mass is 16.5. The number of nitrogen functional groups attached to an aromatic ring is 1. The SMILES string of the molecule is COC(=O)CCNC(=O)Nc1cccc(N)c1. The second-order valence-electron chi connectivity index (χ2n) is 3.33. The van der Waals surface area contributed by atoms with E-state index in [0.717, 1.165) is 0 Å². The second-order valence-corrected chi connectivity index (χ2v) is 3.33. The van der Waals surface area contributed by atoms with Gasteiger partial charge < -0.3 is 21.1 Å². The summed E-state index contributed by atoms with van der Waals surface area (Å²) in [6.45, 7) is 0.223. The quantitative estimate of drug-likeness (QED) is 0.537. The molecule has 1 aromatic carbocycles. The van der Waals surface area contributed by atoms with Gasteiger partial charge in [0.2, 0.25) is 0 Å². The van der Waals surface area contributed by atoms with Crippen molar-refractivity contribution in [2.45, 2.75) is 6.42 Å². The van der Waals surface area contributed by atoms with Crippen LogP contribution in [0, 0.1) is 0 Å². The Kier molecular flexibility index (Phi) is 4.80. The van der Waals surface area contributed by atoms with Crippen LogP contribution >= 0.6 is 0 Å². The van der Waals surface area contributed by atoms with Gasteiger partial charge in [-0.3, -0.25) is 4.79 Å². The van der Waals surface area contributed by atoms with E-state index in [-0.39, 0.29) is 25.0 Å². The molecule has 0 heterocycles. The van der Waals surface area contributed by atoms with Crippen LogP contribution in [0.2, 0.25) is 0 Å². The Bertz CT molecular complexity index is 407. The van der Waals surface area contributed by atoms with Gasteiger partial charge in [0.05, 0.1) is 13.5 Å². The van der Waals surface area contributed by atoms with Crippen molar-refractivity contribution in [2.75, 3.05) is 24.7 Å². The Balaban J connectivity index is 2.32. The van der Waals surface area contributed by atoms with Gasteiger partial charge in [0, 0.05) is 17.9 Å². The third kappa shape index (κ3) is 4.87. The zero-order chi connectivity index (χ0) is 12.7. The van der Waals surface area contributed by atoms with Gasteiger partial charge in [0.1, 0.15) is 0 Å². The molecule has 0 spiro atoms. The molecular formula is C11H15N3O3. The average molecular weight is 237 g/mol. The molecule has 0 saturated carbocycles. The zero-order valence-electron chi connectivity index (χ0n) is 9.53. The number of ether oxygens (including phenoxy) is 1. The molecule has 1 rings (SSSR count). The van der Waals surface area contributed by atoms with Gasteiger partial charge in [0.25, 0.3) is 0 Å². The zero-order valence-corrected chi connectivity index (χ0v) is 9.53. The van der Waals surface area contributed by atoms with Crippen LogP contribution in [0.4, 0.5) is 16.2 Å². The van der Waals surface area contributed by atoms with Gasteiger partial charge in [-0.1, -0.05) is 6.07 Å². The molecule has 0 unspecified atom stereocenters. The number of benzene rings is 1. The first-order chi connectivity index (χ1) is 8.11. The minimum atomic E-state index is -0.389. The van der Waals surface area contributed by atoms with Crippen LogP contribution in [0.25, 0.3) is 0 Å². The topological polar surface area (TPSA) is 93.4 Å². The van der Waals surface area contributed by atoms with Crippen LogP contribution in [-0.2, 0) is 9.53 Å². The molecule has 0 radical (unpaired) electrons. The third-order valence-corrected chi connectivity index (χ3v) is 1.99. The van der Waals surface area contributed by atoms with Crippen LogP contribution < -0.4 is 16.4 Å². The summed E-state index contributed by atoms with van der Waals surface area (Å²) in [4.78, 5) is 22.2. The number of carbonyl (C=O) groups excluding carboxylic acids is 2. The molecular weight excluding hydrogens is 222 g/mol. The lowest BCUT2D eigenvalue weighted by molar-refractivity contribution is -0.140. The Morgan fingerprint density at radius 1 is 1.41 bits per heavy atom. The predicted octanol–water partition coefficient (Wildman–Crippen LogP) is 0.953. The molecule has 0 saturated heterocycles. The molecule has 4 N–H and O–H groups in total. The maximum absolute atomic E-state index is 11.4. The normalized spacial score (nSPS) is 9.47. The number of nitrogens with two attached hydrogens (primary N) is 1. The molecule has 2 amide bonds. The number of esters is 1. The Morgan fingerprint density at radius 2 is 2.18 bits per heavy atom. The molecule has 6 nitrogen and oxygen atoms in total. The van der Waals surface area contributed by atoms with E-state index in [4.69, 9.17) is 5.73 Å². The summed E-state index contributed by atoms with van der Waals surface area (Å²) in [6, 6.07) is 6.43. The fraction of sp³-hybridized carbons (Fsp3) is 0.273. The molecule has 0 atom stereocenters. The Labute approximate surface area is 99.1 Å². The molecule has 0 aromatic heterocycles. The summed E-state index contributed by atoms with van der Waals surface area (Å²) in [6.07, 6.45) is 0.140. The summed E-state index contributed by atoms with van der Waals surface area (Å²) < 4.78 is 4.44. The van der Waals surface area contributed by atoms with E-state index in [1.807, 2.05) is 0 Å². The molecule has 6 heteroatoms. The molecule has 92 valence electrons. The van der Waals surface area contributed by atoms with Gasteiger partial charge in [-0.25, -0.2) is 4.79 Å². The molecule has 0 bridgehead atoms. The van der Waals surface area contributed by atoms with Crippen LogP contribution in [-0.4, -0.2) is 25.7 Å². The third-order valence-electron chi connectivity index (χ3n) is 1.99. The number of urea groups is 1. The van der Waals surface area contributed by atoms with Crippen LogP contribution in [0.1, 0.15) is 6.42 Å². The summed E-state index contributed by atoms with van der Waals surface area (Å²) >= 11 is 0. The van der Waals surface area contributed by atoms with E-state index in [1.54, 1.807) is 24.3 Å². The van der Waals surface area contributed by atoms with Crippen molar-refractivity contribution in [1.82, 2.24) is 5.32 Å². The Morgan fingerprint density at radius 3 is 2.82 bits per heavy atom. The lowest BCUT2D eigenvalue weighted by Gasteiger charge is -2.07. The fourth-order valence-corrected chi connectivity index (χ4v) is 1.17. The average Bonchev–Trinajstić information content (AvgIpc) is 2.28. The van der Waals surface area contributed by atoms with Gasteiger partial charge in [-0.15, -0.1) is 0 Å². The molecule has 0 aliphatic carbocycles. The first kappa shape index (κ1) is 12.8. The summed E-state index contributed by atoms with van der Waals surface area (Å²) in [7, 11) is 1.30. The van der Waals surface area contributed by atoms with Gasteiger partial charge in [-0.2, -0.15) is 0 Å². The Hall–Kier alpha value is -2.24. The van der Waals surface area contributed by atoms with Crippen LogP contribution in [0.15, 0.2) is 24.3 Å². The van der Waals surface area contributed by atoms with Crippen LogP contribution in [0.5, 0.6) is 0 Å². The fourth-order valence-electron chi connectivity index (χ4n) is 1.17. The number of nitrogens with one attached hydrogen (secondary N) is 2. The summed E-state index contributed by atoms with van der Waals surface area (Å²) in [5.41, 5.74) is 6.72. The highest BCUT2D eigenvalue weighted by Gasteiger charge is 2.03. The van der Waals surface area contributed by atoms with Crippen molar-refractivity contribution >= 4 is 23.4 Å². The van der Waals surface area contributed by atoms with E-state index >= 15 is 0 Å². The summed E-state index contributed by atoms with van der Waals surface area (Å²) in [5.74, 6) is -0.366. The number of rotatable bonds is 4. The predicted molar refractivity (Wildman–Crippen MR) is 64.5 cm³/mol. The van der Waals surface area contributed by atoms with Crippen molar-refractivity contribution in [2.24, 2.45) is 0 Å². The highest BCUT2D eigenvalue weighted by Crippen LogP contribution is 2.11. The van der Waals surface area contributed by atoms with E-state index in [2.05, 4.69) is 15.4 Å². The highest BCUT2D eigenvalue weighted by molar-refractivity contribution is 5.89. The monoisotopic (exact) mass is 237 g/mol. The molecule has 1 aromatic rings. The van der Waals surface area contributed by atoms with Crippen LogP contribution in [0.3, 0.4) is 0 Å². The van der Waals surface area contributed by atoms with Crippen molar-refractivity contribution in [3.05, 3.63) is 24.3 Å². The first-order valence-corrected chi connectivity index (χ1v) is 5.09. The van der Waals surface area contributed by atoms with E-state index in [1.165, 1.54) is 7.11 Å². The first-order valence-electron chi connectivity index (χ1n) is 5.09. The van der Waals surface area contributed by atoms with Crippen molar-refractivity contribution in [1.29, 1.82) is 0 Å². The van der Waals surface area contributed by atoms with Gasteiger partial charge in [-0.05, 0) is 18.2 Å². The van der Waals surface area contributed by atoms with E-state index in [0.29, 0.717) is 11.4 Å². The minimum absolute atomic E-state index is 0.140. The number of hydrogen-bond donors (Lipinski definition) is 3. The van der Waals surface area contributed by atoms with Gasteiger partial charge in [0.15, 0.2) is 0 Å². The minimum Gasteiger partial charge on any atom is -0.469 e. The molecule has 17 heavy (non-hydrogen) atoms. The maximum Gasteiger partial charge on any atom is 0.319 e. The van der Waals surface area contributed by atoms with Gasteiger partial charge >= 0.3 is 12.0 Å². The number of amides is 2. The lowest BCUT2D eigenvalue weighted by Crippen LogP contribution is -2.30.